The maximum Gasteiger partial charge on any atom is 0.319 e. The predicted octanol–water partition coefficient (Wildman–Crippen LogP) is 3.17. The fourth-order valence-corrected chi connectivity index (χ4v) is 3.08. The van der Waals surface area contributed by atoms with Crippen LogP contribution in [0, 0.1) is 10.1 Å². The summed E-state index contributed by atoms with van der Waals surface area (Å²) in [5.41, 5.74) is 2.58. The van der Waals surface area contributed by atoms with E-state index in [2.05, 4.69) is 27.7 Å². The average molecular weight is 340 g/mol. The zero-order chi connectivity index (χ0) is 17.8. The van der Waals surface area contributed by atoms with E-state index in [0.29, 0.717) is 6.54 Å². The summed E-state index contributed by atoms with van der Waals surface area (Å²) in [4.78, 5) is 24.8. The van der Waals surface area contributed by atoms with E-state index in [0.717, 1.165) is 13.0 Å². The van der Waals surface area contributed by atoms with Crippen molar-refractivity contribution in [3.8, 4) is 0 Å². The molecule has 1 aliphatic heterocycles. The van der Waals surface area contributed by atoms with Crippen molar-refractivity contribution in [3.05, 3.63) is 64.2 Å². The van der Waals surface area contributed by atoms with Gasteiger partial charge in [0.1, 0.15) is 5.69 Å². The first-order valence-electron chi connectivity index (χ1n) is 8.19. The number of amides is 2. The first-order valence-corrected chi connectivity index (χ1v) is 8.19. The molecule has 0 saturated heterocycles. The summed E-state index contributed by atoms with van der Waals surface area (Å²) >= 11 is 0. The van der Waals surface area contributed by atoms with E-state index < -0.39 is 11.0 Å². The summed E-state index contributed by atoms with van der Waals surface area (Å²) in [6.07, 6.45) is 1.00. The molecule has 0 bridgehead atoms. The first kappa shape index (κ1) is 16.8. The lowest BCUT2D eigenvalue weighted by molar-refractivity contribution is -0.383. The number of para-hydroxylation sites is 3. The van der Waals surface area contributed by atoms with Crippen LogP contribution in [0.15, 0.2) is 48.5 Å². The Labute approximate surface area is 145 Å². The normalized spacial score (nSPS) is 13.9. The third-order valence-corrected chi connectivity index (χ3v) is 4.36. The molecule has 0 fully saturated rings. The summed E-state index contributed by atoms with van der Waals surface area (Å²) in [5.74, 6) is 0. The van der Waals surface area contributed by atoms with Crippen molar-refractivity contribution in [1.82, 2.24) is 5.32 Å². The number of hydrogen-bond donors (Lipinski definition) is 2. The molecular formula is C18H20N4O3. The van der Waals surface area contributed by atoms with Gasteiger partial charge in [0.15, 0.2) is 0 Å². The van der Waals surface area contributed by atoms with Gasteiger partial charge < -0.3 is 15.5 Å². The zero-order valence-corrected chi connectivity index (χ0v) is 13.9. The molecule has 2 aromatic carbocycles. The molecule has 0 radical (unpaired) electrons. The molecule has 0 aromatic heterocycles. The van der Waals surface area contributed by atoms with Gasteiger partial charge in [0.2, 0.25) is 0 Å². The first-order chi connectivity index (χ1) is 12.1. The van der Waals surface area contributed by atoms with Crippen molar-refractivity contribution in [2.75, 3.05) is 23.3 Å². The number of carbonyl (C=O) groups excluding carboxylic acids is 1. The Kier molecular flexibility index (Phi) is 4.83. The highest BCUT2D eigenvalue weighted by Crippen LogP contribution is 2.29. The second-order valence-corrected chi connectivity index (χ2v) is 6.03. The predicted molar refractivity (Wildman–Crippen MR) is 97.1 cm³/mol. The topological polar surface area (TPSA) is 87.5 Å². The molecule has 1 atom stereocenters. The van der Waals surface area contributed by atoms with Crippen LogP contribution in [0.1, 0.15) is 12.5 Å². The number of nitro benzene ring substituents is 1. The minimum atomic E-state index is -0.514. The Morgan fingerprint density at radius 1 is 1.24 bits per heavy atom. The van der Waals surface area contributed by atoms with Gasteiger partial charge in [-0.2, -0.15) is 0 Å². The van der Waals surface area contributed by atoms with E-state index >= 15 is 0 Å². The van der Waals surface area contributed by atoms with Gasteiger partial charge in [0.25, 0.3) is 5.69 Å². The minimum absolute atomic E-state index is 0.125. The molecule has 1 aliphatic rings. The van der Waals surface area contributed by atoms with Crippen molar-refractivity contribution in [3.63, 3.8) is 0 Å². The van der Waals surface area contributed by atoms with Gasteiger partial charge in [-0.05, 0) is 31.0 Å². The molecule has 7 nitrogen and oxygen atoms in total. The quantitative estimate of drug-likeness (QED) is 0.646. The molecule has 3 rings (SSSR count). The molecule has 1 heterocycles. The molecule has 25 heavy (non-hydrogen) atoms. The Morgan fingerprint density at radius 3 is 2.76 bits per heavy atom. The summed E-state index contributed by atoms with van der Waals surface area (Å²) in [6, 6.07) is 14.0. The second kappa shape index (κ2) is 7.21. The lowest BCUT2D eigenvalue weighted by Gasteiger charge is -2.27. The third kappa shape index (κ3) is 3.71. The molecule has 2 N–H and O–H groups in total. The fourth-order valence-electron chi connectivity index (χ4n) is 3.08. The number of hydrogen-bond acceptors (Lipinski definition) is 4. The van der Waals surface area contributed by atoms with E-state index in [-0.39, 0.29) is 17.4 Å². The van der Waals surface area contributed by atoms with Crippen LogP contribution < -0.4 is 15.5 Å². The largest absolute Gasteiger partial charge is 0.366 e. The Morgan fingerprint density at radius 2 is 1.96 bits per heavy atom. The van der Waals surface area contributed by atoms with Gasteiger partial charge >= 0.3 is 6.03 Å². The van der Waals surface area contributed by atoms with Crippen LogP contribution in [0.3, 0.4) is 0 Å². The van der Waals surface area contributed by atoms with E-state index in [1.807, 2.05) is 19.1 Å². The Hall–Kier alpha value is -3.09. The molecule has 0 spiro atoms. The molecule has 130 valence electrons. The maximum absolute atomic E-state index is 12.1. The lowest BCUT2D eigenvalue weighted by Crippen LogP contribution is -2.42. The van der Waals surface area contributed by atoms with Gasteiger partial charge in [-0.25, -0.2) is 4.79 Å². The summed E-state index contributed by atoms with van der Waals surface area (Å²) in [6.45, 7) is 3.42. The SMILES string of the molecule is CC(CNC(=O)Nc1ccccc1[N+](=O)[O-])N1CCc2ccccc21. The number of nitrogens with zero attached hydrogens (tertiary/aromatic N) is 2. The number of fused-ring (bicyclic) bond motifs is 1. The molecule has 1 unspecified atom stereocenters. The monoisotopic (exact) mass is 340 g/mol. The third-order valence-electron chi connectivity index (χ3n) is 4.36. The van der Waals surface area contributed by atoms with Crippen LogP contribution in [-0.2, 0) is 6.42 Å². The smallest absolute Gasteiger partial charge is 0.319 e. The fraction of sp³-hybridized carbons (Fsp3) is 0.278. The van der Waals surface area contributed by atoms with Gasteiger partial charge in [0.05, 0.1) is 4.92 Å². The van der Waals surface area contributed by atoms with Crippen LogP contribution in [0.5, 0.6) is 0 Å². The molecule has 7 heteroatoms. The summed E-state index contributed by atoms with van der Waals surface area (Å²) in [5, 5.41) is 16.3. The number of anilines is 2. The van der Waals surface area contributed by atoms with Crippen molar-refractivity contribution < 1.29 is 9.72 Å². The van der Waals surface area contributed by atoms with Crippen molar-refractivity contribution in [2.24, 2.45) is 0 Å². The zero-order valence-electron chi connectivity index (χ0n) is 13.9. The van der Waals surface area contributed by atoms with Crippen LogP contribution in [-0.4, -0.2) is 30.1 Å². The molecular weight excluding hydrogens is 320 g/mol. The second-order valence-electron chi connectivity index (χ2n) is 6.03. The van der Waals surface area contributed by atoms with E-state index in [4.69, 9.17) is 0 Å². The van der Waals surface area contributed by atoms with Crippen molar-refractivity contribution in [1.29, 1.82) is 0 Å². The van der Waals surface area contributed by atoms with E-state index in [1.54, 1.807) is 12.1 Å². The van der Waals surface area contributed by atoms with Crippen LogP contribution in [0.4, 0.5) is 21.9 Å². The highest BCUT2D eigenvalue weighted by Gasteiger charge is 2.23. The van der Waals surface area contributed by atoms with E-state index in [9.17, 15) is 14.9 Å². The number of nitro groups is 1. The van der Waals surface area contributed by atoms with Gasteiger partial charge in [0, 0.05) is 30.9 Å². The molecule has 2 aromatic rings. The average Bonchev–Trinajstić information content (AvgIpc) is 3.04. The number of urea groups is 1. The molecule has 0 saturated carbocycles. The van der Waals surface area contributed by atoms with E-state index in [1.165, 1.54) is 23.4 Å². The van der Waals surface area contributed by atoms with Gasteiger partial charge in [-0.3, -0.25) is 10.1 Å². The number of benzene rings is 2. The van der Waals surface area contributed by atoms with Crippen molar-refractivity contribution >= 4 is 23.1 Å². The molecule has 0 aliphatic carbocycles. The maximum atomic E-state index is 12.1. The van der Waals surface area contributed by atoms with Crippen LogP contribution >= 0.6 is 0 Å². The van der Waals surface area contributed by atoms with Gasteiger partial charge in [-0.1, -0.05) is 30.3 Å². The summed E-state index contributed by atoms with van der Waals surface area (Å²) < 4.78 is 0. The van der Waals surface area contributed by atoms with Crippen LogP contribution in [0.25, 0.3) is 0 Å². The number of rotatable bonds is 5. The highest BCUT2D eigenvalue weighted by molar-refractivity contribution is 5.91. The van der Waals surface area contributed by atoms with Crippen LogP contribution in [0.2, 0.25) is 0 Å². The van der Waals surface area contributed by atoms with Crippen molar-refractivity contribution in [2.45, 2.75) is 19.4 Å². The van der Waals surface area contributed by atoms with Gasteiger partial charge in [-0.15, -0.1) is 0 Å². The number of nitrogens with one attached hydrogen (secondary N) is 2. The summed E-state index contributed by atoms with van der Waals surface area (Å²) in [7, 11) is 0. The number of carbonyl (C=O) groups is 1. The Bertz CT molecular complexity index is 793. The highest BCUT2D eigenvalue weighted by atomic mass is 16.6. The molecule has 2 amide bonds. The lowest BCUT2D eigenvalue weighted by atomic mass is 10.2. The minimum Gasteiger partial charge on any atom is -0.366 e. The standard InChI is InChI=1S/C18H20N4O3/c1-13(21-11-10-14-6-2-4-8-16(14)21)12-19-18(23)20-15-7-3-5-9-17(15)22(24)25/h2-9,13H,10-12H2,1H3,(H2,19,20,23). The Balaban J connectivity index is 1.57.